The van der Waals surface area contributed by atoms with Crippen LogP contribution in [0.2, 0.25) is 0 Å². The van der Waals surface area contributed by atoms with E-state index in [2.05, 4.69) is 15.6 Å². The molecule has 1 amide bonds. The summed E-state index contributed by atoms with van der Waals surface area (Å²) in [7, 11) is 0. The molecule has 0 saturated heterocycles. The van der Waals surface area contributed by atoms with Crippen LogP contribution in [0.25, 0.3) is 0 Å². The van der Waals surface area contributed by atoms with Gasteiger partial charge in [-0.1, -0.05) is 5.21 Å². The Balaban J connectivity index is 2.05. The number of aryl methyl sites for hydroxylation is 2. The topological polar surface area (TPSA) is 99.0 Å². The molecule has 2 rings (SSSR count). The van der Waals surface area contributed by atoms with E-state index in [1.807, 2.05) is 26.8 Å². The molecule has 0 fully saturated rings. The number of carbonyl (C=O) groups is 1. The normalized spacial score (nSPS) is 12.4. The van der Waals surface area contributed by atoms with E-state index in [4.69, 9.17) is 10.2 Å². The number of nitrogens with zero attached hydrogens (tertiary/aromatic N) is 3. The minimum Gasteiger partial charge on any atom is -0.466 e. The molecule has 3 N–H and O–H groups in total. The van der Waals surface area contributed by atoms with Gasteiger partial charge in [0.1, 0.15) is 11.5 Å². The van der Waals surface area contributed by atoms with Gasteiger partial charge in [0.05, 0.1) is 18.8 Å². The number of aromatic nitrogens is 3. The number of rotatable bonds is 5. The van der Waals surface area contributed by atoms with Crippen LogP contribution < -0.4 is 11.1 Å². The SMILES string of the molecule is Cc1cc(C(C)NC(=O)c2cn(CCN)nn2)c(C)o1. The molecule has 1 unspecified atom stereocenters. The highest BCUT2D eigenvalue weighted by molar-refractivity contribution is 5.92. The molecule has 0 aliphatic rings. The Morgan fingerprint density at radius 2 is 2.30 bits per heavy atom. The van der Waals surface area contributed by atoms with E-state index in [1.54, 1.807) is 10.9 Å². The number of hydrogen-bond donors (Lipinski definition) is 2. The highest BCUT2D eigenvalue weighted by Gasteiger charge is 2.17. The molecule has 108 valence electrons. The number of amides is 1. The molecule has 1 atom stereocenters. The minimum atomic E-state index is -0.265. The third-order valence-electron chi connectivity index (χ3n) is 3.02. The highest BCUT2D eigenvalue weighted by Crippen LogP contribution is 2.21. The molecule has 7 nitrogen and oxygen atoms in total. The number of furan rings is 1. The summed E-state index contributed by atoms with van der Waals surface area (Å²) in [6, 6.07) is 1.77. The second-order valence-electron chi connectivity index (χ2n) is 4.72. The fourth-order valence-corrected chi connectivity index (χ4v) is 2.07. The fraction of sp³-hybridized carbons (Fsp3) is 0.462. The van der Waals surface area contributed by atoms with Crippen LogP contribution in [0, 0.1) is 13.8 Å². The summed E-state index contributed by atoms with van der Waals surface area (Å²) in [5.41, 5.74) is 6.67. The molecule has 2 heterocycles. The van der Waals surface area contributed by atoms with E-state index in [9.17, 15) is 4.79 Å². The van der Waals surface area contributed by atoms with Gasteiger partial charge in [0.15, 0.2) is 5.69 Å². The lowest BCUT2D eigenvalue weighted by atomic mass is 10.1. The van der Waals surface area contributed by atoms with E-state index in [-0.39, 0.29) is 17.6 Å². The maximum atomic E-state index is 12.1. The lowest BCUT2D eigenvalue weighted by Gasteiger charge is -2.11. The van der Waals surface area contributed by atoms with Gasteiger partial charge in [-0.05, 0) is 26.8 Å². The van der Waals surface area contributed by atoms with Gasteiger partial charge in [0.2, 0.25) is 0 Å². The van der Waals surface area contributed by atoms with Gasteiger partial charge in [-0.25, -0.2) is 0 Å². The van der Waals surface area contributed by atoms with E-state index in [0.717, 1.165) is 17.1 Å². The number of nitrogens with one attached hydrogen (secondary N) is 1. The van der Waals surface area contributed by atoms with Gasteiger partial charge >= 0.3 is 0 Å². The van der Waals surface area contributed by atoms with Crippen LogP contribution in [-0.4, -0.2) is 27.4 Å². The summed E-state index contributed by atoms with van der Waals surface area (Å²) in [6.45, 7) is 6.65. The second kappa shape index (κ2) is 5.87. The van der Waals surface area contributed by atoms with E-state index in [1.165, 1.54) is 0 Å². The third kappa shape index (κ3) is 3.05. The van der Waals surface area contributed by atoms with E-state index < -0.39 is 0 Å². The van der Waals surface area contributed by atoms with Crippen molar-refractivity contribution >= 4 is 5.91 Å². The summed E-state index contributed by atoms with van der Waals surface area (Å²) in [4.78, 5) is 12.1. The van der Waals surface area contributed by atoms with Crippen molar-refractivity contribution in [1.82, 2.24) is 20.3 Å². The lowest BCUT2D eigenvalue weighted by Crippen LogP contribution is -2.27. The first-order valence-corrected chi connectivity index (χ1v) is 6.49. The molecule has 0 radical (unpaired) electrons. The lowest BCUT2D eigenvalue weighted by molar-refractivity contribution is 0.0934. The van der Waals surface area contributed by atoms with E-state index >= 15 is 0 Å². The summed E-state index contributed by atoms with van der Waals surface area (Å²) in [5.74, 6) is 1.37. The Hall–Kier alpha value is -2.15. The van der Waals surface area contributed by atoms with Gasteiger partial charge in [-0.2, -0.15) is 0 Å². The van der Waals surface area contributed by atoms with Crippen molar-refractivity contribution < 1.29 is 9.21 Å². The average Bonchev–Trinajstić information content (AvgIpc) is 2.96. The Kier molecular flexibility index (Phi) is 4.19. The number of hydrogen-bond acceptors (Lipinski definition) is 5. The average molecular weight is 277 g/mol. The van der Waals surface area contributed by atoms with Gasteiger partial charge in [-0.15, -0.1) is 5.10 Å². The molecule has 0 aliphatic carbocycles. The largest absolute Gasteiger partial charge is 0.466 e. The summed E-state index contributed by atoms with van der Waals surface area (Å²) >= 11 is 0. The molecule has 7 heteroatoms. The Bertz CT molecular complexity index is 602. The van der Waals surface area contributed by atoms with Crippen LogP contribution >= 0.6 is 0 Å². The molecule has 20 heavy (non-hydrogen) atoms. The van der Waals surface area contributed by atoms with Crippen molar-refractivity contribution in [2.45, 2.75) is 33.4 Å². The number of nitrogens with two attached hydrogens (primary N) is 1. The molecule has 2 aromatic heterocycles. The highest BCUT2D eigenvalue weighted by atomic mass is 16.3. The Labute approximate surface area is 117 Å². The van der Waals surface area contributed by atoms with Crippen molar-refractivity contribution in [3.8, 4) is 0 Å². The standard InChI is InChI=1S/C13H19N5O2/c1-8-6-11(10(3)20-8)9(2)15-13(19)12-7-18(5-4-14)17-16-12/h6-7,9H,4-5,14H2,1-3H3,(H,15,19). The van der Waals surface area contributed by atoms with Crippen LogP contribution in [0.1, 0.15) is 40.5 Å². The summed E-state index contributed by atoms with van der Waals surface area (Å²) in [6.07, 6.45) is 1.59. The molecule has 0 aromatic carbocycles. The van der Waals surface area contributed by atoms with Crippen LogP contribution in [-0.2, 0) is 6.54 Å². The number of carbonyl (C=O) groups excluding carboxylic acids is 1. The quantitative estimate of drug-likeness (QED) is 0.847. The Morgan fingerprint density at radius 3 is 2.90 bits per heavy atom. The second-order valence-corrected chi connectivity index (χ2v) is 4.72. The first kappa shape index (κ1) is 14.3. The monoisotopic (exact) mass is 277 g/mol. The van der Waals surface area contributed by atoms with Crippen molar-refractivity contribution in [2.75, 3.05) is 6.54 Å². The predicted octanol–water partition coefficient (Wildman–Crippen LogP) is 0.938. The Morgan fingerprint density at radius 1 is 1.55 bits per heavy atom. The van der Waals surface area contributed by atoms with Gasteiger partial charge in [0, 0.05) is 12.1 Å². The van der Waals surface area contributed by atoms with Gasteiger partial charge in [-0.3, -0.25) is 9.48 Å². The van der Waals surface area contributed by atoms with Crippen molar-refractivity contribution in [3.05, 3.63) is 35.0 Å². The zero-order chi connectivity index (χ0) is 14.7. The smallest absolute Gasteiger partial charge is 0.273 e. The molecule has 0 saturated carbocycles. The van der Waals surface area contributed by atoms with Crippen molar-refractivity contribution in [2.24, 2.45) is 5.73 Å². The third-order valence-corrected chi connectivity index (χ3v) is 3.02. The molecule has 0 spiro atoms. The summed E-state index contributed by atoms with van der Waals surface area (Å²) in [5, 5.41) is 10.5. The maximum absolute atomic E-state index is 12.1. The van der Waals surface area contributed by atoms with Crippen LogP contribution in [0.3, 0.4) is 0 Å². The first-order chi connectivity index (χ1) is 9.51. The zero-order valence-electron chi connectivity index (χ0n) is 11.9. The van der Waals surface area contributed by atoms with Gasteiger partial charge in [0.25, 0.3) is 5.91 Å². The molecule has 0 bridgehead atoms. The van der Waals surface area contributed by atoms with Crippen molar-refractivity contribution in [3.63, 3.8) is 0 Å². The molecule has 0 aliphatic heterocycles. The summed E-state index contributed by atoms with van der Waals surface area (Å²) < 4.78 is 7.01. The van der Waals surface area contributed by atoms with Crippen molar-refractivity contribution in [1.29, 1.82) is 0 Å². The molecular formula is C13H19N5O2. The van der Waals surface area contributed by atoms with Crippen LogP contribution in [0.4, 0.5) is 0 Å². The predicted molar refractivity (Wildman–Crippen MR) is 73.1 cm³/mol. The van der Waals surface area contributed by atoms with E-state index in [0.29, 0.717) is 13.1 Å². The van der Waals surface area contributed by atoms with Crippen LogP contribution in [0.5, 0.6) is 0 Å². The minimum absolute atomic E-state index is 0.153. The maximum Gasteiger partial charge on any atom is 0.273 e. The molecule has 2 aromatic rings. The molecular weight excluding hydrogens is 258 g/mol. The van der Waals surface area contributed by atoms with Crippen LogP contribution in [0.15, 0.2) is 16.7 Å². The fourth-order valence-electron chi connectivity index (χ4n) is 2.07. The first-order valence-electron chi connectivity index (χ1n) is 6.49. The zero-order valence-corrected chi connectivity index (χ0v) is 11.9. The van der Waals surface area contributed by atoms with Gasteiger partial charge < -0.3 is 15.5 Å².